The molecule has 0 aromatic rings. The molecule has 0 bridgehead atoms. The summed E-state index contributed by atoms with van der Waals surface area (Å²) in [5.74, 6) is -13.3. The zero-order valence-electron chi connectivity index (χ0n) is 16.0. The number of carboxylic acid groups (broad SMARTS) is 4. The van der Waals surface area contributed by atoms with Crippen LogP contribution >= 0.6 is 0 Å². The Morgan fingerprint density at radius 2 is 0.839 bits per heavy atom. The van der Waals surface area contributed by atoms with E-state index in [1.54, 1.807) is 0 Å². The van der Waals surface area contributed by atoms with Gasteiger partial charge in [-0.2, -0.15) is 0 Å². The van der Waals surface area contributed by atoms with Gasteiger partial charge in [-0.05, 0) is 13.8 Å². The molecule has 7 N–H and O–H groups in total. The van der Waals surface area contributed by atoms with Crippen LogP contribution in [-0.4, -0.2) is 69.5 Å². The monoisotopic (exact) mass is 443 g/mol. The van der Waals surface area contributed by atoms with Crippen molar-refractivity contribution >= 4 is 35.8 Å². The number of carboxylic acids is 4. The minimum atomic E-state index is -2.01. The van der Waals surface area contributed by atoms with E-state index in [-0.39, 0.29) is 13.2 Å². The Bertz CT molecular complexity index is 839. The van der Waals surface area contributed by atoms with E-state index >= 15 is 0 Å². The van der Waals surface area contributed by atoms with Crippen molar-refractivity contribution in [2.75, 3.05) is 13.2 Å². The maximum absolute atomic E-state index is 12.3. The van der Waals surface area contributed by atoms with Crippen molar-refractivity contribution in [3.8, 4) is 0 Å². The van der Waals surface area contributed by atoms with Crippen molar-refractivity contribution in [3.63, 3.8) is 0 Å². The summed E-state index contributed by atoms with van der Waals surface area (Å²) in [4.78, 5) is 69.9. The van der Waals surface area contributed by atoms with Crippen LogP contribution in [0.1, 0.15) is 13.8 Å². The predicted molar refractivity (Wildman–Crippen MR) is 94.3 cm³/mol. The van der Waals surface area contributed by atoms with Gasteiger partial charge in [-0.25, -0.2) is 28.8 Å². The van der Waals surface area contributed by atoms with Gasteiger partial charge in [-0.1, -0.05) is 0 Å². The normalized spacial score (nSPS) is 12.4. The quantitative estimate of drug-likeness (QED) is 0.0917. The second kappa shape index (κ2) is 10.3. The second-order valence-corrected chi connectivity index (χ2v) is 5.29. The standard InChI is InChI=1S/C16H17N3O12/c1-3-30-15(28)7(16(29)31-4-2)10-18-8(5(11(20)21)12(22)23)17-9(19-10)6(13(24)25)14(26)27/h17-19H,3-4H2,1-2H3,(H,20,21)(H,22,23)(H,24,25)(H,26,27). The van der Waals surface area contributed by atoms with E-state index < -0.39 is 70.0 Å². The van der Waals surface area contributed by atoms with Crippen LogP contribution in [0.5, 0.6) is 0 Å². The highest BCUT2D eigenvalue weighted by Crippen LogP contribution is 2.17. The fourth-order valence-corrected chi connectivity index (χ4v) is 2.15. The number of nitrogens with one attached hydrogen (secondary N) is 3. The highest BCUT2D eigenvalue weighted by Gasteiger charge is 2.35. The molecule has 15 nitrogen and oxygen atoms in total. The second-order valence-electron chi connectivity index (χ2n) is 5.29. The SMILES string of the molecule is CCOC(=O)C(C(=O)OCC)=C1NC(=C(C(=O)O)C(=O)O)NC(=C(C(=O)O)C(=O)O)N1. The number of carbonyl (C=O) groups is 6. The smallest absolute Gasteiger partial charge is 0.349 e. The van der Waals surface area contributed by atoms with Gasteiger partial charge in [0.2, 0.25) is 0 Å². The maximum Gasteiger partial charge on any atom is 0.349 e. The summed E-state index contributed by atoms with van der Waals surface area (Å²) in [6, 6.07) is 0. The molecule has 0 aliphatic carbocycles. The van der Waals surface area contributed by atoms with Crippen LogP contribution in [0.4, 0.5) is 0 Å². The Balaban J connectivity index is 3.96. The molecular weight excluding hydrogens is 426 g/mol. The zero-order valence-corrected chi connectivity index (χ0v) is 16.0. The summed E-state index contributed by atoms with van der Waals surface area (Å²) < 4.78 is 9.42. The van der Waals surface area contributed by atoms with Crippen LogP contribution in [0.3, 0.4) is 0 Å². The average molecular weight is 443 g/mol. The van der Waals surface area contributed by atoms with Crippen LogP contribution in [0.25, 0.3) is 0 Å². The van der Waals surface area contributed by atoms with Crippen molar-refractivity contribution in [3.05, 3.63) is 34.2 Å². The largest absolute Gasteiger partial charge is 0.477 e. The van der Waals surface area contributed by atoms with Gasteiger partial charge in [0.05, 0.1) is 13.2 Å². The Morgan fingerprint density at radius 3 is 1.06 bits per heavy atom. The van der Waals surface area contributed by atoms with Crippen LogP contribution < -0.4 is 16.0 Å². The Hall–Kier alpha value is -4.56. The first-order valence-corrected chi connectivity index (χ1v) is 8.27. The lowest BCUT2D eigenvalue weighted by Gasteiger charge is -2.28. The first-order chi connectivity index (χ1) is 14.5. The summed E-state index contributed by atoms with van der Waals surface area (Å²) in [7, 11) is 0. The Labute approximate surface area is 172 Å². The third-order valence-electron chi connectivity index (χ3n) is 3.31. The van der Waals surface area contributed by atoms with Crippen molar-refractivity contribution in [1.82, 2.24) is 16.0 Å². The fraction of sp³-hybridized carbons (Fsp3) is 0.250. The third kappa shape index (κ3) is 5.72. The van der Waals surface area contributed by atoms with Gasteiger partial charge < -0.3 is 45.9 Å². The Morgan fingerprint density at radius 1 is 0.581 bits per heavy atom. The highest BCUT2D eigenvalue weighted by molar-refractivity contribution is 6.16. The molecule has 168 valence electrons. The van der Waals surface area contributed by atoms with Crippen molar-refractivity contribution < 1.29 is 58.7 Å². The Kier molecular flexibility index (Phi) is 8.12. The number of hydrogen-bond donors (Lipinski definition) is 7. The van der Waals surface area contributed by atoms with Crippen LogP contribution in [0, 0.1) is 0 Å². The van der Waals surface area contributed by atoms with E-state index in [0.29, 0.717) is 0 Å². The van der Waals surface area contributed by atoms with Gasteiger partial charge >= 0.3 is 35.8 Å². The molecule has 0 unspecified atom stereocenters. The van der Waals surface area contributed by atoms with Gasteiger partial charge in [-0.15, -0.1) is 0 Å². The molecule has 0 spiro atoms. The molecule has 1 aliphatic heterocycles. The molecule has 0 atom stereocenters. The van der Waals surface area contributed by atoms with Crippen LogP contribution in [0.2, 0.25) is 0 Å². The molecule has 15 heteroatoms. The van der Waals surface area contributed by atoms with E-state index in [1.807, 2.05) is 5.32 Å². The fourth-order valence-electron chi connectivity index (χ4n) is 2.15. The summed E-state index contributed by atoms with van der Waals surface area (Å²) >= 11 is 0. The predicted octanol–water partition coefficient (Wildman–Crippen LogP) is -2.13. The lowest BCUT2D eigenvalue weighted by atomic mass is 10.2. The molecule has 0 aromatic heterocycles. The minimum Gasteiger partial charge on any atom is -0.477 e. The number of ether oxygens (including phenoxy) is 2. The lowest BCUT2D eigenvalue weighted by Crippen LogP contribution is -2.48. The minimum absolute atomic E-state index is 0.219. The summed E-state index contributed by atoms with van der Waals surface area (Å²) in [6.07, 6.45) is 0. The van der Waals surface area contributed by atoms with E-state index in [2.05, 4.69) is 10.6 Å². The van der Waals surface area contributed by atoms with Crippen LogP contribution in [-0.2, 0) is 38.2 Å². The van der Waals surface area contributed by atoms with Crippen LogP contribution in [0.15, 0.2) is 34.2 Å². The van der Waals surface area contributed by atoms with E-state index in [4.69, 9.17) is 29.9 Å². The molecule has 0 saturated carbocycles. The summed E-state index contributed by atoms with van der Waals surface area (Å²) in [5.41, 5.74) is -3.72. The molecule has 31 heavy (non-hydrogen) atoms. The highest BCUT2D eigenvalue weighted by atomic mass is 16.6. The van der Waals surface area contributed by atoms with E-state index in [9.17, 15) is 28.8 Å². The number of aliphatic carboxylic acids is 4. The topological polar surface area (TPSA) is 238 Å². The third-order valence-corrected chi connectivity index (χ3v) is 3.31. The number of carbonyl (C=O) groups excluding carboxylic acids is 2. The van der Waals surface area contributed by atoms with E-state index in [0.717, 1.165) is 0 Å². The molecule has 0 aromatic carbocycles. The molecular formula is C16H17N3O12. The van der Waals surface area contributed by atoms with Gasteiger partial charge in [0, 0.05) is 0 Å². The molecule has 1 fully saturated rings. The molecule has 1 aliphatic rings. The average Bonchev–Trinajstić information content (AvgIpc) is 2.61. The molecule has 0 radical (unpaired) electrons. The first-order valence-electron chi connectivity index (χ1n) is 8.27. The van der Waals surface area contributed by atoms with Gasteiger partial charge in [0.25, 0.3) is 0 Å². The van der Waals surface area contributed by atoms with Gasteiger partial charge in [0.15, 0.2) is 16.7 Å². The number of rotatable bonds is 8. The molecule has 1 rings (SSSR count). The van der Waals surface area contributed by atoms with Gasteiger partial charge in [-0.3, -0.25) is 0 Å². The van der Waals surface area contributed by atoms with Gasteiger partial charge in [0.1, 0.15) is 17.5 Å². The lowest BCUT2D eigenvalue weighted by molar-refractivity contribution is -0.147. The van der Waals surface area contributed by atoms with Crippen molar-refractivity contribution in [2.45, 2.75) is 13.8 Å². The molecule has 1 heterocycles. The maximum atomic E-state index is 12.3. The van der Waals surface area contributed by atoms with E-state index in [1.165, 1.54) is 13.8 Å². The molecule has 0 amide bonds. The molecule has 1 saturated heterocycles. The zero-order chi connectivity index (χ0) is 23.9. The summed E-state index contributed by atoms with van der Waals surface area (Å²) in [5, 5.41) is 42.9. The number of esters is 2. The summed E-state index contributed by atoms with van der Waals surface area (Å²) in [6.45, 7) is 2.35. The number of hydrogen-bond acceptors (Lipinski definition) is 11. The van der Waals surface area contributed by atoms with Crippen molar-refractivity contribution in [2.24, 2.45) is 0 Å². The first kappa shape index (κ1) is 24.5. The van der Waals surface area contributed by atoms with Crippen molar-refractivity contribution in [1.29, 1.82) is 0 Å².